The molecule has 0 aliphatic carbocycles. The summed E-state index contributed by atoms with van der Waals surface area (Å²) in [5, 5.41) is 0. The predicted molar refractivity (Wildman–Crippen MR) is 68.3 cm³/mol. The molecule has 0 saturated carbocycles. The Morgan fingerprint density at radius 2 is 2.29 bits per heavy atom. The van der Waals surface area contributed by atoms with E-state index >= 15 is 0 Å². The van der Waals surface area contributed by atoms with Crippen molar-refractivity contribution in [1.82, 2.24) is 4.90 Å². The van der Waals surface area contributed by atoms with Gasteiger partial charge in [-0.3, -0.25) is 4.79 Å². The van der Waals surface area contributed by atoms with Crippen molar-refractivity contribution in [3.8, 4) is 0 Å². The lowest BCUT2D eigenvalue weighted by molar-refractivity contribution is -0.140. The molecule has 2 atom stereocenters. The first-order valence-electron chi connectivity index (χ1n) is 5.82. The zero-order chi connectivity index (χ0) is 12.6. The van der Waals surface area contributed by atoms with Gasteiger partial charge in [-0.15, -0.1) is 0 Å². The number of nitrogens with zero attached hydrogens (tertiary/aromatic N) is 1. The molecule has 0 radical (unpaired) electrons. The van der Waals surface area contributed by atoms with Crippen LogP contribution in [0.3, 0.4) is 0 Å². The smallest absolute Gasteiger partial charge is 0.223 e. The Balaban J connectivity index is 2.39. The molecule has 17 heavy (non-hydrogen) atoms. The van der Waals surface area contributed by atoms with Crippen LogP contribution in [-0.2, 0) is 4.79 Å². The van der Waals surface area contributed by atoms with Crippen LogP contribution in [0.15, 0.2) is 21.2 Å². The van der Waals surface area contributed by atoms with Crippen LogP contribution >= 0.6 is 15.9 Å². The lowest BCUT2D eigenvalue weighted by Gasteiger charge is -2.41. The van der Waals surface area contributed by atoms with Gasteiger partial charge in [-0.25, -0.2) is 0 Å². The Labute approximate surface area is 109 Å². The maximum Gasteiger partial charge on any atom is 0.223 e. The summed E-state index contributed by atoms with van der Waals surface area (Å²) in [4.78, 5) is 13.8. The molecule has 1 aliphatic heterocycles. The maximum atomic E-state index is 12.0. The van der Waals surface area contributed by atoms with Crippen LogP contribution in [0.5, 0.6) is 0 Å². The standard InChI is InChI=1S/C12H17BrN2O2/c1-7(2)15-10(16)4-3-9(14)11(15)12-8(13)5-6-17-12/h5-7,9,11H,3-4,14H2,1-2H3. The van der Waals surface area contributed by atoms with E-state index in [1.807, 2.05) is 24.8 Å². The summed E-state index contributed by atoms with van der Waals surface area (Å²) in [5.41, 5.74) is 6.15. The number of amides is 1. The summed E-state index contributed by atoms with van der Waals surface area (Å²) < 4.78 is 6.36. The number of hydrogen-bond donors (Lipinski definition) is 1. The van der Waals surface area contributed by atoms with E-state index in [9.17, 15) is 4.79 Å². The van der Waals surface area contributed by atoms with Gasteiger partial charge in [0.2, 0.25) is 5.91 Å². The average Bonchev–Trinajstić information content (AvgIpc) is 2.67. The van der Waals surface area contributed by atoms with Gasteiger partial charge in [-0.2, -0.15) is 0 Å². The van der Waals surface area contributed by atoms with E-state index in [2.05, 4.69) is 15.9 Å². The van der Waals surface area contributed by atoms with Gasteiger partial charge in [-0.1, -0.05) is 0 Å². The Bertz CT molecular complexity index is 416. The van der Waals surface area contributed by atoms with Crippen LogP contribution in [0, 0.1) is 0 Å². The van der Waals surface area contributed by atoms with Crippen LogP contribution in [0.25, 0.3) is 0 Å². The van der Waals surface area contributed by atoms with Crippen molar-refractivity contribution in [2.75, 3.05) is 0 Å². The van der Waals surface area contributed by atoms with E-state index in [0.29, 0.717) is 12.8 Å². The minimum atomic E-state index is -0.166. The molecule has 1 aromatic rings. The summed E-state index contributed by atoms with van der Waals surface area (Å²) in [6.45, 7) is 4.00. The lowest BCUT2D eigenvalue weighted by atomic mass is 9.93. The van der Waals surface area contributed by atoms with Gasteiger partial charge in [0.25, 0.3) is 0 Å². The van der Waals surface area contributed by atoms with Crippen molar-refractivity contribution in [3.63, 3.8) is 0 Å². The summed E-state index contributed by atoms with van der Waals surface area (Å²) >= 11 is 3.44. The second-order valence-electron chi connectivity index (χ2n) is 4.67. The normalized spacial score (nSPS) is 25.7. The Morgan fingerprint density at radius 1 is 1.59 bits per heavy atom. The molecular weight excluding hydrogens is 284 g/mol. The second-order valence-corrected chi connectivity index (χ2v) is 5.53. The van der Waals surface area contributed by atoms with Gasteiger partial charge in [0.05, 0.1) is 10.7 Å². The molecule has 1 saturated heterocycles. The van der Waals surface area contributed by atoms with Crippen LogP contribution in [0.2, 0.25) is 0 Å². The van der Waals surface area contributed by atoms with Gasteiger partial charge in [0.15, 0.2) is 0 Å². The molecule has 2 unspecified atom stereocenters. The molecule has 1 amide bonds. The Morgan fingerprint density at radius 3 is 2.82 bits per heavy atom. The van der Waals surface area contributed by atoms with Crippen molar-refractivity contribution >= 4 is 21.8 Å². The molecule has 0 bridgehead atoms. The second kappa shape index (κ2) is 4.82. The quantitative estimate of drug-likeness (QED) is 0.912. The molecule has 4 nitrogen and oxygen atoms in total. The minimum absolute atomic E-state index is 0.0717. The van der Waals surface area contributed by atoms with Crippen molar-refractivity contribution < 1.29 is 9.21 Å². The molecule has 1 aromatic heterocycles. The highest BCUT2D eigenvalue weighted by Gasteiger charge is 2.38. The van der Waals surface area contributed by atoms with E-state index in [0.717, 1.165) is 10.2 Å². The third-order valence-corrected chi connectivity index (χ3v) is 3.81. The van der Waals surface area contributed by atoms with Crippen molar-refractivity contribution in [3.05, 3.63) is 22.6 Å². The van der Waals surface area contributed by atoms with Crippen molar-refractivity contribution in [2.24, 2.45) is 5.73 Å². The summed E-state index contributed by atoms with van der Waals surface area (Å²) in [7, 11) is 0. The Hall–Kier alpha value is -0.810. The largest absolute Gasteiger partial charge is 0.466 e. The fourth-order valence-corrected chi connectivity index (χ4v) is 2.82. The van der Waals surface area contributed by atoms with Crippen LogP contribution in [0.4, 0.5) is 0 Å². The molecule has 1 aliphatic rings. The topological polar surface area (TPSA) is 59.5 Å². The number of hydrogen-bond acceptors (Lipinski definition) is 3. The number of halogens is 1. The molecule has 0 spiro atoms. The molecule has 94 valence electrons. The van der Waals surface area contributed by atoms with Gasteiger partial charge < -0.3 is 15.1 Å². The number of furan rings is 1. The zero-order valence-electron chi connectivity index (χ0n) is 10.0. The minimum Gasteiger partial charge on any atom is -0.466 e. The van der Waals surface area contributed by atoms with Gasteiger partial charge in [0.1, 0.15) is 11.8 Å². The first-order chi connectivity index (χ1) is 8.02. The molecule has 0 aromatic carbocycles. The van der Waals surface area contributed by atoms with Crippen LogP contribution in [-0.4, -0.2) is 22.9 Å². The molecule has 5 heteroatoms. The Kier molecular flexibility index (Phi) is 3.58. The first kappa shape index (κ1) is 12.6. The predicted octanol–water partition coefficient (Wildman–Crippen LogP) is 2.44. The highest BCUT2D eigenvalue weighted by Crippen LogP contribution is 2.36. The van der Waals surface area contributed by atoms with Crippen molar-refractivity contribution in [1.29, 1.82) is 0 Å². The number of piperidine rings is 1. The van der Waals surface area contributed by atoms with Crippen LogP contribution < -0.4 is 5.73 Å². The summed E-state index contributed by atoms with van der Waals surface area (Å²) in [5.74, 6) is 0.897. The number of carbonyl (C=O) groups excluding carboxylic acids is 1. The first-order valence-corrected chi connectivity index (χ1v) is 6.61. The number of likely N-dealkylation sites (tertiary alicyclic amines) is 1. The van der Waals surface area contributed by atoms with E-state index in [4.69, 9.17) is 10.2 Å². The molecule has 2 N–H and O–H groups in total. The summed E-state index contributed by atoms with van der Waals surface area (Å²) in [6, 6.07) is 1.72. The SMILES string of the molecule is CC(C)N1C(=O)CCC(N)C1c1occc1Br. The third-order valence-electron chi connectivity index (χ3n) is 3.15. The van der Waals surface area contributed by atoms with Gasteiger partial charge >= 0.3 is 0 Å². The average molecular weight is 301 g/mol. The number of rotatable bonds is 2. The fraction of sp³-hybridized carbons (Fsp3) is 0.583. The van der Waals surface area contributed by atoms with E-state index in [1.54, 1.807) is 6.26 Å². The highest BCUT2D eigenvalue weighted by atomic mass is 79.9. The number of carbonyl (C=O) groups is 1. The molecular formula is C12H17BrN2O2. The van der Waals surface area contributed by atoms with Crippen molar-refractivity contribution in [2.45, 2.75) is 44.8 Å². The van der Waals surface area contributed by atoms with E-state index in [-0.39, 0.29) is 24.0 Å². The molecule has 1 fully saturated rings. The van der Waals surface area contributed by atoms with E-state index in [1.165, 1.54) is 0 Å². The van der Waals surface area contributed by atoms with E-state index < -0.39 is 0 Å². The van der Waals surface area contributed by atoms with Gasteiger partial charge in [-0.05, 0) is 42.3 Å². The maximum absolute atomic E-state index is 12.0. The highest BCUT2D eigenvalue weighted by molar-refractivity contribution is 9.10. The number of nitrogens with two attached hydrogens (primary N) is 1. The molecule has 2 rings (SSSR count). The zero-order valence-corrected chi connectivity index (χ0v) is 11.6. The fourth-order valence-electron chi connectivity index (χ4n) is 2.38. The summed E-state index contributed by atoms with van der Waals surface area (Å²) in [6.07, 6.45) is 2.84. The third kappa shape index (κ3) is 2.26. The lowest BCUT2D eigenvalue weighted by Crippen LogP contribution is -2.51. The van der Waals surface area contributed by atoms with Crippen LogP contribution in [0.1, 0.15) is 38.5 Å². The monoisotopic (exact) mass is 300 g/mol. The van der Waals surface area contributed by atoms with Gasteiger partial charge in [0, 0.05) is 18.5 Å². The molecule has 2 heterocycles.